The van der Waals surface area contributed by atoms with Crippen molar-refractivity contribution in [3.8, 4) is 5.75 Å². The monoisotopic (exact) mass is 499 g/mol. The maximum atomic E-state index is 12.4. The summed E-state index contributed by atoms with van der Waals surface area (Å²) in [6.45, 7) is 7.27. The van der Waals surface area contributed by atoms with Crippen molar-refractivity contribution in [2.24, 2.45) is 0 Å². The van der Waals surface area contributed by atoms with Gasteiger partial charge in [0.2, 0.25) is 5.43 Å². The summed E-state index contributed by atoms with van der Waals surface area (Å²) < 4.78 is 12.8. The number of pyridine rings is 1. The Kier molecular flexibility index (Phi) is 9.06. The topological polar surface area (TPSA) is 51.3 Å². The molecule has 0 aliphatic rings. The van der Waals surface area contributed by atoms with Crippen LogP contribution in [0.5, 0.6) is 5.75 Å². The number of H-pyrrole nitrogens is 1. The molecule has 4 nitrogen and oxygen atoms in total. The zero-order valence-electron chi connectivity index (χ0n) is 16.1. The van der Waals surface area contributed by atoms with E-state index in [1.165, 1.54) is 19.3 Å². The fourth-order valence-corrected chi connectivity index (χ4v) is 3.92. The molecule has 1 heterocycles. The summed E-state index contributed by atoms with van der Waals surface area (Å²) in [6, 6.07) is 7.89. The minimum atomic E-state index is -0.359. The summed E-state index contributed by atoms with van der Waals surface area (Å²) in [7, 11) is 0. The molecule has 0 saturated carbocycles. The number of hydrogen-bond acceptors (Lipinski definition) is 3. The van der Waals surface area contributed by atoms with E-state index < -0.39 is 0 Å². The quantitative estimate of drug-likeness (QED) is 0.390. The normalized spacial score (nSPS) is 12.2. The van der Waals surface area contributed by atoms with Crippen LogP contribution in [0.25, 0.3) is 0 Å². The van der Waals surface area contributed by atoms with E-state index in [2.05, 4.69) is 43.8 Å². The second-order valence-electron chi connectivity index (χ2n) is 6.43. The lowest BCUT2D eigenvalue weighted by atomic mass is 10.1. The number of aryl methyl sites for hydroxylation is 1. The molecule has 6 heteroatoms. The average Bonchev–Trinajstić information content (AvgIpc) is 2.68. The molecule has 0 radical (unpaired) electrons. The van der Waals surface area contributed by atoms with Crippen LogP contribution >= 0.6 is 31.9 Å². The molecule has 0 saturated heterocycles. The molecule has 1 atom stereocenters. The molecule has 148 valence electrons. The number of aromatic amines is 1. The van der Waals surface area contributed by atoms with Gasteiger partial charge in [0.05, 0.1) is 21.2 Å². The maximum Gasteiger partial charge on any atom is 0.210 e. The van der Waals surface area contributed by atoms with Gasteiger partial charge in [-0.25, -0.2) is 0 Å². The molecule has 0 aliphatic carbocycles. The largest absolute Gasteiger partial charge is 0.494 e. The molecule has 1 aromatic carbocycles. The first-order valence-electron chi connectivity index (χ1n) is 9.41. The molecule has 0 amide bonds. The molecular formula is C21H27Br2NO3. The van der Waals surface area contributed by atoms with Crippen LogP contribution in [-0.4, -0.2) is 18.2 Å². The van der Waals surface area contributed by atoms with Crippen LogP contribution in [0.3, 0.4) is 0 Å². The summed E-state index contributed by atoms with van der Waals surface area (Å²) in [5, 5.41) is 0. The van der Waals surface area contributed by atoms with Crippen LogP contribution in [0.4, 0.5) is 0 Å². The van der Waals surface area contributed by atoms with Crippen LogP contribution < -0.4 is 10.2 Å². The Morgan fingerprint density at radius 1 is 1.04 bits per heavy atom. The number of halogens is 2. The molecule has 0 bridgehead atoms. The third-order valence-electron chi connectivity index (χ3n) is 4.33. The van der Waals surface area contributed by atoms with Gasteiger partial charge in [-0.1, -0.05) is 38.3 Å². The molecule has 1 aromatic heterocycles. The Labute approximate surface area is 177 Å². The van der Waals surface area contributed by atoms with Crippen LogP contribution in [0.2, 0.25) is 0 Å². The van der Waals surface area contributed by atoms with Gasteiger partial charge in [0.25, 0.3) is 0 Å². The van der Waals surface area contributed by atoms with Crippen LogP contribution in [-0.2, 0) is 4.74 Å². The Morgan fingerprint density at radius 3 is 2.37 bits per heavy atom. The van der Waals surface area contributed by atoms with Crippen molar-refractivity contribution < 1.29 is 9.47 Å². The third kappa shape index (κ3) is 5.93. The van der Waals surface area contributed by atoms with Crippen LogP contribution in [0, 0.1) is 6.92 Å². The Hall–Kier alpha value is -1.11. The fourth-order valence-electron chi connectivity index (χ4n) is 2.85. The lowest BCUT2D eigenvalue weighted by Gasteiger charge is -2.20. The predicted octanol–water partition coefficient (Wildman–Crippen LogP) is 6.29. The van der Waals surface area contributed by atoms with Crippen molar-refractivity contribution in [3.63, 3.8) is 0 Å². The van der Waals surface area contributed by atoms with E-state index in [-0.39, 0.29) is 11.5 Å². The highest BCUT2D eigenvalue weighted by atomic mass is 79.9. The van der Waals surface area contributed by atoms with E-state index in [9.17, 15) is 4.79 Å². The lowest BCUT2D eigenvalue weighted by Crippen LogP contribution is -2.17. The first-order valence-corrected chi connectivity index (χ1v) is 11.0. The number of benzene rings is 1. The summed E-state index contributed by atoms with van der Waals surface area (Å²) in [4.78, 5) is 15.7. The molecule has 2 rings (SSSR count). The predicted molar refractivity (Wildman–Crippen MR) is 117 cm³/mol. The van der Waals surface area contributed by atoms with Crippen molar-refractivity contribution in [3.05, 3.63) is 60.4 Å². The Bertz CT molecular complexity index is 787. The van der Waals surface area contributed by atoms with E-state index in [0.717, 1.165) is 35.7 Å². The molecule has 27 heavy (non-hydrogen) atoms. The molecule has 1 unspecified atom stereocenters. The zero-order valence-corrected chi connectivity index (χ0v) is 19.3. The van der Waals surface area contributed by atoms with E-state index >= 15 is 0 Å². The number of unbranched alkanes of at least 4 members (excludes halogenated alkanes) is 3. The van der Waals surface area contributed by atoms with Gasteiger partial charge in [0.15, 0.2) is 0 Å². The zero-order chi connectivity index (χ0) is 19.8. The van der Waals surface area contributed by atoms with Crippen molar-refractivity contribution in [1.29, 1.82) is 0 Å². The van der Waals surface area contributed by atoms with E-state index in [1.54, 1.807) is 0 Å². The summed E-state index contributed by atoms with van der Waals surface area (Å²) in [5.74, 6) is 0.852. The van der Waals surface area contributed by atoms with Gasteiger partial charge in [0, 0.05) is 12.3 Å². The van der Waals surface area contributed by atoms with Gasteiger partial charge in [-0.2, -0.15) is 0 Å². The van der Waals surface area contributed by atoms with Gasteiger partial charge < -0.3 is 14.5 Å². The summed E-state index contributed by atoms with van der Waals surface area (Å²) in [6.07, 6.45) is 4.38. The molecule has 2 aromatic rings. The molecule has 0 fully saturated rings. The standard InChI is InChI=1S/C21H27Br2NO3/c1-4-6-7-8-13-27-16-11-9-15(10-12-16)21(26-5-2)19-18(23)20(25)17(22)14(3)24-19/h9-12,21H,4-8,13H2,1-3H3,(H,24,25). The first kappa shape index (κ1) is 22.2. The van der Waals surface area contributed by atoms with E-state index in [0.29, 0.717) is 15.6 Å². The van der Waals surface area contributed by atoms with Gasteiger partial charge in [-0.15, -0.1) is 0 Å². The number of ether oxygens (including phenoxy) is 2. The molecule has 1 N–H and O–H groups in total. The number of aromatic nitrogens is 1. The van der Waals surface area contributed by atoms with E-state index in [4.69, 9.17) is 9.47 Å². The average molecular weight is 501 g/mol. The van der Waals surface area contributed by atoms with Crippen molar-refractivity contribution in [1.82, 2.24) is 4.98 Å². The Balaban J connectivity index is 2.19. The SMILES string of the molecule is CCCCCCOc1ccc(C(OCC)c2[nH]c(C)c(Br)c(=O)c2Br)cc1. The van der Waals surface area contributed by atoms with E-state index in [1.807, 2.05) is 38.1 Å². The maximum absolute atomic E-state index is 12.4. The molecule has 0 spiro atoms. The minimum absolute atomic E-state index is 0.0852. The smallest absolute Gasteiger partial charge is 0.210 e. The highest BCUT2D eigenvalue weighted by Gasteiger charge is 2.22. The second kappa shape index (κ2) is 11.0. The Morgan fingerprint density at radius 2 is 1.74 bits per heavy atom. The summed E-state index contributed by atoms with van der Waals surface area (Å²) >= 11 is 6.75. The van der Waals surface area contributed by atoms with Crippen LogP contribution in [0.1, 0.15) is 62.6 Å². The number of rotatable bonds is 10. The van der Waals surface area contributed by atoms with Crippen molar-refractivity contribution in [2.75, 3.05) is 13.2 Å². The van der Waals surface area contributed by atoms with Gasteiger partial charge >= 0.3 is 0 Å². The second-order valence-corrected chi connectivity index (χ2v) is 8.02. The lowest BCUT2D eigenvalue weighted by molar-refractivity contribution is 0.0876. The first-order chi connectivity index (χ1) is 13.0. The van der Waals surface area contributed by atoms with Gasteiger partial charge in [0.1, 0.15) is 11.9 Å². The molecule has 0 aliphatic heterocycles. The van der Waals surface area contributed by atoms with Crippen LogP contribution in [0.15, 0.2) is 38.0 Å². The minimum Gasteiger partial charge on any atom is -0.494 e. The summed E-state index contributed by atoms with van der Waals surface area (Å²) in [5.41, 5.74) is 2.37. The number of hydrogen-bond donors (Lipinski definition) is 1. The van der Waals surface area contributed by atoms with Crippen molar-refractivity contribution in [2.45, 2.75) is 52.6 Å². The molecular weight excluding hydrogens is 474 g/mol. The third-order valence-corrected chi connectivity index (χ3v) is 6.07. The van der Waals surface area contributed by atoms with Crippen molar-refractivity contribution >= 4 is 31.9 Å². The highest BCUT2D eigenvalue weighted by molar-refractivity contribution is 9.11. The highest BCUT2D eigenvalue weighted by Crippen LogP contribution is 2.31. The van der Waals surface area contributed by atoms with Gasteiger partial charge in [-0.3, -0.25) is 4.79 Å². The fraction of sp³-hybridized carbons (Fsp3) is 0.476. The van der Waals surface area contributed by atoms with Gasteiger partial charge in [-0.05, 0) is 69.8 Å². The number of nitrogens with one attached hydrogen (secondary N) is 1.